The van der Waals surface area contributed by atoms with E-state index in [1.165, 1.54) is 27.2 Å². The Morgan fingerprint density at radius 3 is 2.52 bits per heavy atom. The van der Waals surface area contributed by atoms with Crippen LogP contribution in [0.4, 0.5) is 0 Å². The minimum Gasteiger partial charge on any atom is -0.463 e. The van der Waals surface area contributed by atoms with Gasteiger partial charge in [0, 0.05) is 27.2 Å². The van der Waals surface area contributed by atoms with E-state index in [-0.39, 0.29) is 11.1 Å². The van der Waals surface area contributed by atoms with Crippen molar-refractivity contribution >= 4 is 27.9 Å². The summed E-state index contributed by atoms with van der Waals surface area (Å²) in [5, 5.41) is 0. The number of carbonyl (C=O) groups is 2. The molecule has 10 nitrogen and oxygen atoms in total. The molecule has 1 aromatic heterocycles. The van der Waals surface area contributed by atoms with Gasteiger partial charge in [-0.2, -0.15) is 0 Å². The molecule has 0 unspecified atom stereocenters. The molecule has 1 aliphatic rings. The van der Waals surface area contributed by atoms with Crippen LogP contribution in [0.15, 0.2) is 20.3 Å². The molecule has 0 saturated carbocycles. The van der Waals surface area contributed by atoms with E-state index in [0.717, 1.165) is 4.57 Å². The standard InChI is InChI=1S/C14H17BrN2O8/c1-6(18)23-5-9-10(24-7(2)19)11(22-3)13(25-9)17-4-8(15)12(20)16-14(17)21/h4,9-11,13H,5H2,1-3H3,(H,16,20,21)/t9-,10-,11-,13-/m1/s1. The molecule has 2 rings (SSSR count). The number of ether oxygens (including phenoxy) is 4. The van der Waals surface area contributed by atoms with Gasteiger partial charge in [-0.1, -0.05) is 0 Å². The fourth-order valence-electron chi connectivity index (χ4n) is 2.50. The first kappa shape index (κ1) is 19.3. The Hall–Kier alpha value is -1.98. The fourth-order valence-corrected chi connectivity index (χ4v) is 2.82. The number of nitrogens with zero attached hydrogens (tertiary/aromatic N) is 1. The number of rotatable bonds is 5. The van der Waals surface area contributed by atoms with Gasteiger partial charge in [-0.25, -0.2) is 4.79 Å². The van der Waals surface area contributed by atoms with Gasteiger partial charge in [-0.3, -0.25) is 23.9 Å². The zero-order valence-electron chi connectivity index (χ0n) is 13.7. The summed E-state index contributed by atoms with van der Waals surface area (Å²) in [5.41, 5.74) is -1.32. The molecule has 1 fully saturated rings. The third-order valence-corrected chi connectivity index (χ3v) is 4.07. The van der Waals surface area contributed by atoms with E-state index in [9.17, 15) is 19.2 Å². The van der Waals surface area contributed by atoms with Crippen molar-refractivity contribution in [1.29, 1.82) is 0 Å². The predicted octanol–water partition coefficient (Wildman–Crippen LogP) is -0.294. The molecule has 0 radical (unpaired) electrons. The van der Waals surface area contributed by atoms with Crippen LogP contribution in [0.1, 0.15) is 20.1 Å². The number of carbonyl (C=O) groups excluding carboxylic acids is 2. The topological polar surface area (TPSA) is 126 Å². The van der Waals surface area contributed by atoms with Crippen LogP contribution >= 0.6 is 15.9 Å². The van der Waals surface area contributed by atoms with Gasteiger partial charge in [-0.15, -0.1) is 0 Å². The summed E-state index contributed by atoms with van der Waals surface area (Å²) < 4.78 is 22.4. The molecule has 1 saturated heterocycles. The molecular formula is C14H17BrN2O8. The molecule has 1 aromatic rings. The average molecular weight is 421 g/mol. The van der Waals surface area contributed by atoms with Crippen LogP contribution in [0.3, 0.4) is 0 Å². The highest BCUT2D eigenvalue weighted by molar-refractivity contribution is 9.10. The van der Waals surface area contributed by atoms with Crippen molar-refractivity contribution in [2.24, 2.45) is 0 Å². The number of nitrogens with one attached hydrogen (secondary N) is 1. The SMILES string of the molecule is CO[C@@H]1[C@H](OC(C)=O)[C@@H](COC(C)=O)O[C@H]1n1cc(Br)c(=O)[nH]c1=O. The quantitative estimate of drug-likeness (QED) is 0.643. The number of H-pyrrole nitrogens is 1. The Morgan fingerprint density at radius 2 is 1.96 bits per heavy atom. The number of hydrogen-bond acceptors (Lipinski definition) is 8. The van der Waals surface area contributed by atoms with E-state index in [1.807, 2.05) is 0 Å². The van der Waals surface area contributed by atoms with Crippen LogP contribution < -0.4 is 11.2 Å². The second kappa shape index (κ2) is 7.93. The lowest BCUT2D eigenvalue weighted by Gasteiger charge is -2.23. The Balaban J connectivity index is 2.39. The second-order valence-corrected chi connectivity index (χ2v) is 6.14. The molecule has 138 valence electrons. The summed E-state index contributed by atoms with van der Waals surface area (Å²) in [5.74, 6) is -1.12. The summed E-state index contributed by atoms with van der Waals surface area (Å²) in [6, 6.07) is 0. The van der Waals surface area contributed by atoms with Crippen molar-refractivity contribution in [2.45, 2.75) is 38.4 Å². The van der Waals surface area contributed by atoms with Crippen LogP contribution in [-0.2, 0) is 28.5 Å². The molecule has 1 N–H and O–H groups in total. The first-order valence-corrected chi connectivity index (χ1v) is 8.03. The molecule has 0 amide bonds. The zero-order chi connectivity index (χ0) is 18.7. The fraction of sp³-hybridized carbons (Fsp3) is 0.571. The van der Waals surface area contributed by atoms with Crippen molar-refractivity contribution in [2.75, 3.05) is 13.7 Å². The normalized spacial score (nSPS) is 25.6. The van der Waals surface area contributed by atoms with Crippen LogP contribution in [0.25, 0.3) is 0 Å². The first-order chi connectivity index (χ1) is 11.7. The molecule has 0 aromatic carbocycles. The van der Waals surface area contributed by atoms with E-state index in [0.29, 0.717) is 0 Å². The van der Waals surface area contributed by atoms with Crippen LogP contribution in [0, 0.1) is 0 Å². The van der Waals surface area contributed by atoms with Gasteiger partial charge in [0.05, 0.1) is 4.47 Å². The highest BCUT2D eigenvalue weighted by Gasteiger charge is 2.49. The number of methoxy groups -OCH3 is 1. The number of esters is 2. The predicted molar refractivity (Wildman–Crippen MR) is 85.9 cm³/mol. The van der Waals surface area contributed by atoms with Gasteiger partial charge >= 0.3 is 17.6 Å². The van der Waals surface area contributed by atoms with E-state index in [2.05, 4.69) is 20.9 Å². The maximum absolute atomic E-state index is 12.1. The molecular weight excluding hydrogens is 404 g/mol. The molecule has 11 heteroatoms. The molecule has 25 heavy (non-hydrogen) atoms. The van der Waals surface area contributed by atoms with Gasteiger partial charge in [0.25, 0.3) is 5.56 Å². The van der Waals surface area contributed by atoms with Gasteiger partial charge in [0.15, 0.2) is 12.3 Å². The van der Waals surface area contributed by atoms with Gasteiger partial charge in [-0.05, 0) is 15.9 Å². The van der Waals surface area contributed by atoms with Crippen molar-refractivity contribution in [3.8, 4) is 0 Å². The lowest BCUT2D eigenvalue weighted by atomic mass is 10.1. The van der Waals surface area contributed by atoms with E-state index < -0.39 is 47.7 Å². The van der Waals surface area contributed by atoms with Crippen LogP contribution in [-0.4, -0.2) is 53.5 Å². The lowest BCUT2D eigenvalue weighted by Crippen LogP contribution is -2.41. The Kier molecular flexibility index (Phi) is 6.14. The number of aromatic amines is 1. The molecule has 4 atom stereocenters. The minimum absolute atomic E-state index is 0.109. The molecule has 0 aliphatic carbocycles. The third-order valence-electron chi connectivity index (χ3n) is 3.51. The number of halogens is 1. The zero-order valence-corrected chi connectivity index (χ0v) is 15.3. The molecule has 2 heterocycles. The highest BCUT2D eigenvalue weighted by atomic mass is 79.9. The van der Waals surface area contributed by atoms with Crippen LogP contribution in [0.5, 0.6) is 0 Å². The highest BCUT2D eigenvalue weighted by Crippen LogP contribution is 2.33. The maximum atomic E-state index is 12.1. The maximum Gasteiger partial charge on any atom is 0.330 e. The lowest BCUT2D eigenvalue weighted by molar-refractivity contribution is -0.157. The number of hydrogen-bond donors (Lipinski definition) is 1. The van der Waals surface area contributed by atoms with E-state index >= 15 is 0 Å². The Labute approximate surface area is 150 Å². The summed E-state index contributed by atoms with van der Waals surface area (Å²) in [4.78, 5) is 48.2. The van der Waals surface area contributed by atoms with Crippen molar-refractivity contribution < 1.29 is 28.5 Å². The van der Waals surface area contributed by atoms with Crippen LogP contribution in [0.2, 0.25) is 0 Å². The molecule has 0 bridgehead atoms. The van der Waals surface area contributed by atoms with Crippen molar-refractivity contribution in [3.05, 3.63) is 31.5 Å². The summed E-state index contributed by atoms with van der Waals surface area (Å²) >= 11 is 3.03. The Morgan fingerprint density at radius 1 is 1.28 bits per heavy atom. The summed E-state index contributed by atoms with van der Waals surface area (Å²) in [6.07, 6.45) is -2.38. The van der Waals surface area contributed by atoms with Gasteiger partial charge in [0.2, 0.25) is 0 Å². The van der Waals surface area contributed by atoms with Crippen molar-refractivity contribution in [3.63, 3.8) is 0 Å². The third kappa shape index (κ3) is 4.35. The molecule has 1 aliphatic heterocycles. The first-order valence-electron chi connectivity index (χ1n) is 7.24. The Bertz CT molecular complexity index is 773. The monoisotopic (exact) mass is 420 g/mol. The van der Waals surface area contributed by atoms with Gasteiger partial charge in [0.1, 0.15) is 18.8 Å². The largest absolute Gasteiger partial charge is 0.463 e. The summed E-state index contributed by atoms with van der Waals surface area (Å²) in [7, 11) is 1.36. The second-order valence-electron chi connectivity index (χ2n) is 5.29. The average Bonchev–Trinajstić information content (AvgIpc) is 2.85. The smallest absolute Gasteiger partial charge is 0.330 e. The summed E-state index contributed by atoms with van der Waals surface area (Å²) in [6.45, 7) is 2.25. The van der Waals surface area contributed by atoms with Gasteiger partial charge < -0.3 is 18.9 Å². The van der Waals surface area contributed by atoms with E-state index in [1.54, 1.807) is 0 Å². The van der Waals surface area contributed by atoms with Crippen molar-refractivity contribution in [1.82, 2.24) is 9.55 Å². The minimum atomic E-state index is -1.00. The van der Waals surface area contributed by atoms with E-state index in [4.69, 9.17) is 18.9 Å². The molecule has 0 spiro atoms. The number of aromatic nitrogens is 2.